The van der Waals surface area contributed by atoms with Gasteiger partial charge in [0.1, 0.15) is 11.4 Å². The smallest absolute Gasteiger partial charge is 0.274 e. The minimum absolute atomic E-state index is 0.178. The number of aromatic nitrogens is 4. The van der Waals surface area contributed by atoms with Crippen LogP contribution in [0.2, 0.25) is 0 Å². The molecule has 0 spiro atoms. The van der Waals surface area contributed by atoms with Crippen LogP contribution in [0.3, 0.4) is 0 Å². The molecule has 0 radical (unpaired) electrons. The quantitative estimate of drug-likeness (QED) is 0.159. The van der Waals surface area contributed by atoms with E-state index in [4.69, 9.17) is 11.5 Å². The SMILES string of the molecule is Cn1cc(NC(=O)CCN)cc1C(=O)Nc1ccc2nc(NC(=O)c3cc(NC(=O)CCN)cn3C)[nH]c2c1. The Morgan fingerprint density at radius 2 is 1.31 bits per heavy atom. The van der Waals surface area contributed by atoms with Gasteiger partial charge in [-0.15, -0.1) is 0 Å². The van der Waals surface area contributed by atoms with Crippen LogP contribution in [0.25, 0.3) is 11.0 Å². The number of aromatic amines is 1. The van der Waals surface area contributed by atoms with Gasteiger partial charge in [0.2, 0.25) is 17.8 Å². The van der Waals surface area contributed by atoms with Gasteiger partial charge in [-0.3, -0.25) is 24.5 Å². The average Bonchev–Trinajstić information content (AvgIpc) is 3.54. The van der Waals surface area contributed by atoms with E-state index < -0.39 is 5.91 Å². The van der Waals surface area contributed by atoms with E-state index in [9.17, 15) is 19.2 Å². The molecule has 0 unspecified atom stereocenters. The fourth-order valence-corrected chi connectivity index (χ4v) is 3.94. The highest BCUT2D eigenvalue weighted by Crippen LogP contribution is 2.22. The lowest BCUT2D eigenvalue weighted by Gasteiger charge is -2.05. The molecule has 0 aliphatic heterocycles. The summed E-state index contributed by atoms with van der Waals surface area (Å²) in [5, 5.41) is 10.9. The van der Waals surface area contributed by atoms with Gasteiger partial charge in [0.05, 0.1) is 22.4 Å². The van der Waals surface area contributed by atoms with Crippen molar-refractivity contribution in [2.24, 2.45) is 25.6 Å². The molecule has 14 nitrogen and oxygen atoms in total. The van der Waals surface area contributed by atoms with Gasteiger partial charge < -0.3 is 41.5 Å². The second kappa shape index (κ2) is 11.6. The zero-order valence-electron chi connectivity index (χ0n) is 21.5. The molecule has 1 aromatic carbocycles. The van der Waals surface area contributed by atoms with Crippen molar-refractivity contribution in [2.45, 2.75) is 12.8 Å². The first-order valence-corrected chi connectivity index (χ1v) is 12.1. The number of hydrogen-bond acceptors (Lipinski definition) is 7. The standard InChI is InChI=1S/C25H30N10O4/c1-34-12-15(28-21(36)5-7-26)10-19(34)23(38)30-14-3-4-17-18(9-14)32-25(31-17)33-24(39)20-11-16(13-35(20)2)29-22(37)6-8-27/h3-4,9-13H,5-8,26-27H2,1-2H3,(H,28,36)(H,29,37)(H,30,38)(H2,31,32,33,39). The molecule has 4 aromatic rings. The van der Waals surface area contributed by atoms with Crippen LogP contribution in [-0.4, -0.2) is 55.8 Å². The Kier molecular flexibility index (Phi) is 8.07. The molecule has 0 saturated heterocycles. The first-order chi connectivity index (χ1) is 18.7. The Morgan fingerprint density at radius 1 is 0.769 bits per heavy atom. The highest BCUT2D eigenvalue weighted by Gasteiger charge is 2.17. The largest absolute Gasteiger partial charge is 0.344 e. The van der Waals surface area contributed by atoms with E-state index >= 15 is 0 Å². The Hall–Kier alpha value is -4.95. The summed E-state index contributed by atoms with van der Waals surface area (Å²) in [7, 11) is 3.38. The maximum atomic E-state index is 12.9. The van der Waals surface area contributed by atoms with Gasteiger partial charge in [-0.1, -0.05) is 0 Å². The lowest BCUT2D eigenvalue weighted by molar-refractivity contribution is -0.116. The number of nitrogens with zero attached hydrogens (tertiary/aromatic N) is 3. The molecule has 14 heteroatoms. The summed E-state index contributed by atoms with van der Waals surface area (Å²) in [6.45, 7) is 0.460. The number of carbonyl (C=O) groups excluding carboxylic acids is 4. The number of carbonyl (C=O) groups is 4. The molecule has 0 aliphatic carbocycles. The van der Waals surface area contributed by atoms with Gasteiger partial charge in [-0.05, 0) is 30.3 Å². The minimum atomic E-state index is -0.428. The summed E-state index contributed by atoms with van der Waals surface area (Å²) in [5.41, 5.74) is 14.1. The Balaban J connectivity index is 1.43. The van der Waals surface area contributed by atoms with Crippen LogP contribution in [0.4, 0.5) is 23.0 Å². The maximum absolute atomic E-state index is 12.9. The van der Waals surface area contributed by atoms with E-state index in [1.54, 1.807) is 66.0 Å². The molecule has 0 saturated carbocycles. The lowest BCUT2D eigenvalue weighted by Crippen LogP contribution is -2.16. The number of hydrogen-bond donors (Lipinski definition) is 7. The van der Waals surface area contributed by atoms with Crippen LogP contribution in [0.15, 0.2) is 42.7 Å². The second-order valence-electron chi connectivity index (χ2n) is 8.85. The van der Waals surface area contributed by atoms with Crippen molar-refractivity contribution < 1.29 is 19.2 Å². The fourth-order valence-electron chi connectivity index (χ4n) is 3.94. The highest BCUT2D eigenvalue weighted by atomic mass is 16.2. The zero-order valence-corrected chi connectivity index (χ0v) is 21.5. The molecule has 0 bridgehead atoms. The normalized spacial score (nSPS) is 10.9. The number of imidazole rings is 1. The number of benzene rings is 1. The molecule has 0 aliphatic rings. The van der Waals surface area contributed by atoms with Crippen molar-refractivity contribution in [2.75, 3.05) is 34.4 Å². The summed E-state index contributed by atoms with van der Waals surface area (Å²) >= 11 is 0. The van der Waals surface area contributed by atoms with Gasteiger partial charge in [-0.25, -0.2) is 4.98 Å². The summed E-state index contributed by atoms with van der Waals surface area (Å²) in [4.78, 5) is 56.7. The zero-order chi connectivity index (χ0) is 28.1. The van der Waals surface area contributed by atoms with Crippen LogP contribution in [0.1, 0.15) is 33.8 Å². The third kappa shape index (κ3) is 6.49. The Labute approximate surface area is 223 Å². The summed E-state index contributed by atoms with van der Waals surface area (Å²) < 4.78 is 3.19. The van der Waals surface area contributed by atoms with Gasteiger partial charge in [-0.2, -0.15) is 0 Å². The third-order valence-electron chi connectivity index (χ3n) is 5.76. The topological polar surface area (TPSA) is 207 Å². The number of amides is 4. The van der Waals surface area contributed by atoms with E-state index in [1.807, 2.05) is 0 Å². The second-order valence-corrected chi connectivity index (χ2v) is 8.85. The van der Waals surface area contributed by atoms with Gasteiger partial charge in [0.15, 0.2) is 0 Å². The molecular formula is C25H30N10O4. The molecule has 9 N–H and O–H groups in total. The monoisotopic (exact) mass is 534 g/mol. The lowest BCUT2D eigenvalue weighted by atomic mass is 10.2. The Morgan fingerprint density at radius 3 is 1.85 bits per heavy atom. The number of H-pyrrole nitrogens is 1. The van der Waals surface area contributed by atoms with Crippen LogP contribution in [0, 0.1) is 0 Å². The van der Waals surface area contributed by atoms with Gasteiger partial charge >= 0.3 is 0 Å². The molecule has 3 aromatic heterocycles. The number of anilines is 4. The van der Waals surface area contributed by atoms with Crippen molar-refractivity contribution >= 4 is 57.7 Å². The molecule has 4 rings (SSSR count). The minimum Gasteiger partial charge on any atom is -0.344 e. The molecular weight excluding hydrogens is 504 g/mol. The van der Waals surface area contributed by atoms with Crippen LogP contribution in [0.5, 0.6) is 0 Å². The molecule has 4 amide bonds. The van der Waals surface area contributed by atoms with Crippen LogP contribution in [-0.2, 0) is 23.7 Å². The van der Waals surface area contributed by atoms with Gasteiger partial charge in [0, 0.05) is 58.1 Å². The number of nitrogens with two attached hydrogens (primary N) is 2. The molecule has 204 valence electrons. The van der Waals surface area contributed by atoms with Crippen molar-refractivity contribution in [1.29, 1.82) is 0 Å². The number of fused-ring (bicyclic) bond motifs is 1. The van der Waals surface area contributed by atoms with Gasteiger partial charge in [0.25, 0.3) is 11.8 Å². The van der Waals surface area contributed by atoms with E-state index in [0.29, 0.717) is 39.5 Å². The highest BCUT2D eigenvalue weighted by molar-refractivity contribution is 6.06. The molecule has 39 heavy (non-hydrogen) atoms. The predicted octanol–water partition coefficient (Wildman–Crippen LogP) is 1.32. The predicted molar refractivity (Wildman–Crippen MR) is 147 cm³/mol. The van der Waals surface area contributed by atoms with E-state index in [2.05, 4.69) is 31.2 Å². The van der Waals surface area contributed by atoms with Crippen molar-refractivity contribution in [3.63, 3.8) is 0 Å². The van der Waals surface area contributed by atoms with Crippen molar-refractivity contribution in [3.8, 4) is 0 Å². The van der Waals surface area contributed by atoms with Crippen molar-refractivity contribution in [3.05, 3.63) is 54.1 Å². The maximum Gasteiger partial charge on any atom is 0.274 e. The fraction of sp³-hybridized carbons (Fsp3) is 0.240. The summed E-state index contributed by atoms with van der Waals surface area (Å²) in [5.74, 6) is -1.06. The first-order valence-electron chi connectivity index (χ1n) is 12.1. The summed E-state index contributed by atoms with van der Waals surface area (Å²) in [6.07, 6.45) is 3.63. The van der Waals surface area contributed by atoms with Crippen LogP contribution < -0.4 is 32.7 Å². The number of nitrogens with one attached hydrogen (secondary N) is 5. The third-order valence-corrected chi connectivity index (χ3v) is 5.76. The summed E-state index contributed by atoms with van der Waals surface area (Å²) in [6, 6.07) is 8.21. The number of rotatable bonds is 10. The molecule has 0 atom stereocenters. The van der Waals surface area contributed by atoms with Crippen LogP contribution >= 0.6 is 0 Å². The van der Waals surface area contributed by atoms with E-state index in [0.717, 1.165) is 0 Å². The average molecular weight is 535 g/mol. The van der Waals surface area contributed by atoms with E-state index in [1.165, 1.54) is 0 Å². The first kappa shape index (κ1) is 27.1. The Bertz CT molecular complexity index is 1470. The number of aryl methyl sites for hydroxylation is 2. The van der Waals surface area contributed by atoms with E-state index in [-0.39, 0.29) is 49.6 Å². The van der Waals surface area contributed by atoms with Crippen molar-refractivity contribution in [1.82, 2.24) is 19.1 Å². The molecule has 0 fully saturated rings. The molecule has 3 heterocycles.